The molecule has 1 aliphatic rings. The van der Waals surface area contributed by atoms with Crippen molar-refractivity contribution in [2.24, 2.45) is 5.92 Å². The van der Waals surface area contributed by atoms with E-state index in [9.17, 15) is 4.79 Å². The fraction of sp³-hybridized carbons (Fsp3) is 0.462. The highest BCUT2D eigenvalue weighted by Crippen LogP contribution is 2.29. The van der Waals surface area contributed by atoms with Crippen molar-refractivity contribution in [1.82, 2.24) is 0 Å². The van der Waals surface area contributed by atoms with E-state index < -0.39 is 0 Å². The SMILES string of the molecule is O=C(COc1cccc(Cl)c1)CC1CCC1. The van der Waals surface area contributed by atoms with E-state index in [4.69, 9.17) is 16.3 Å². The lowest BCUT2D eigenvalue weighted by atomic mass is 9.82. The second-order valence-corrected chi connectivity index (χ2v) is 4.72. The maximum absolute atomic E-state index is 11.5. The number of ether oxygens (including phenoxy) is 1. The van der Waals surface area contributed by atoms with Gasteiger partial charge >= 0.3 is 0 Å². The highest BCUT2D eigenvalue weighted by molar-refractivity contribution is 6.30. The Bertz CT molecular complexity index is 372. The Hall–Kier alpha value is -1.02. The van der Waals surface area contributed by atoms with Crippen molar-refractivity contribution < 1.29 is 9.53 Å². The zero-order valence-electron chi connectivity index (χ0n) is 9.12. The number of carbonyl (C=O) groups is 1. The third-order valence-corrected chi connectivity index (χ3v) is 3.17. The van der Waals surface area contributed by atoms with Gasteiger partial charge < -0.3 is 4.74 Å². The van der Waals surface area contributed by atoms with Crippen molar-refractivity contribution in [2.75, 3.05) is 6.61 Å². The van der Waals surface area contributed by atoms with Gasteiger partial charge in [0.1, 0.15) is 12.4 Å². The molecule has 86 valence electrons. The highest BCUT2D eigenvalue weighted by Gasteiger charge is 2.20. The topological polar surface area (TPSA) is 26.3 Å². The molecule has 1 fully saturated rings. The smallest absolute Gasteiger partial charge is 0.170 e. The van der Waals surface area contributed by atoms with Gasteiger partial charge in [0.25, 0.3) is 0 Å². The van der Waals surface area contributed by atoms with E-state index >= 15 is 0 Å². The zero-order valence-corrected chi connectivity index (χ0v) is 9.87. The molecule has 0 radical (unpaired) electrons. The molecule has 16 heavy (non-hydrogen) atoms. The lowest BCUT2D eigenvalue weighted by Crippen LogP contribution is -2.20. The highest BCUT2D eigenvalue weighted by atomic mass is 35.5. The van der Waals surface area contributed by atoms with Gasteiger partial charge in [0.05, 0.1) is 0 Å². The largest absolute Gasteiger partial charge is 0.486 e. The Morgan fingerprint density at radius 2 is 2.25 bits per heavy atom. The van der Waals surface area contributed by atoms with Crippen LogP contribution in [0.15, 0.2) is 24.3 Å². The molecule has 2 rings (SSSR count). The molecule has 0 amide bonds. The number of hydrogen-bond acceptors (Lipinski definition) is 2. The Kier molecular flexibility index (Phi) is 3.83. The van der Waals surface area contributed by atoms with Gasteiger partial charge in [-0.15, -0.1) is 0 Å². The number of benzene rings is 1. The van der Waals surface area contributed by atoms with E-state index in [1.54, 1.807) is 12.1 Å². The third kappa shape index (κ3) is 3.24. The summed E-state index contributed by atoms with van der Waals surface area (Å²) in [6, 6.07) is 7.12. The van der Waals surface area contributed by atoms with Gasteiger partial charge in [0, 0.05) is 11.4 Å². The summed E-state index contributed by atoms with van der Waals surface area (Å²) in [6.45, 7) is 0.164. The summed E-state index contributed by atoms with van der Waals surface area (Å²) in [4.78, 5) is 11.5. The first-order chi connectivity index (χ1) is 7.74. The number of Topliss-reactive ketones (excluding diaryl/α,β-unsaturated/α-hetero) is 1. The van der Waals surface area contributed by atoms with Crippen molar-refractivity contribution in [2.45, 2.75) is 25.7 Å². The molecule has 0 spiro atoms. The normalized spacial score (nSPS) is 15.6. The van der Waals surface area contributed by atoms with Crippen molar-refractivity contribution in [3.63, 3.8) is 0 Å². The minimum absolute atomic E-state index is 0.164. The minimum atomic E-state index is 0.164. The summed E-state index contributed by atoms with van der Waals surface area (Å²) >= 11 is 5.81. The van der Waals surface area contributed by atoms with E-state index in [1.165, 1.54) is 19.3 Å². The molecule has 1 saturated carbocycles. The third-order valence-electron chi connectivity index (χ3n) is 2.94. The molecule has 0 atom stereocenters. The average Bonchev–Trinajstić information content (AvgIpc) is 2.21. The van der Waals surface area contributed by atoms with Gasteiger partial charge in [0.2, 0.25) is 0 Å². The minimum Gasteiger partial charge on any atom is -0.486 e. The molecule has 1 aromatic rings. The quantitative estimate of drug-likeness (QED) is 0.785. The average molecular weight is 239 g/mol. The van der Waals surface area contributed by atoms with E-state index in [0.717, 1.165) is 0 Å². The molecule has 0 unspecified atom stereocenters. The summed E-state index contributed by atoms with van der Waals surface area (Å²) in [5.74, 6) is 1.45. The van der Waals surface area contributed by atoms with Crippen molar-refractivity contribution in [3.05, 3.63) is 29.3 Å². The van der Waals surface area contributed by atoms with Crippen LogP contribution in [0.2, 0.25) is 5.02 Å². The lowest BCUT2D eigenvalue weighted by Gasteiger charge is -2.24. The number of carbonyl (C=O) groups excluding carboxylic acids is 1. The van der Waals surface area contributed by atoms with Crippen LogP contribution in [-0.2, 0) is 4.79 Å². The van der Waals surface area contributed by atoms with Crippen molar-refractivity contribution in [3.8, 4) is 5.75 Å². The number of hydrogen-bond donors (Lipinski definition) is 0. The van der Waals surface area contributed by atoms with Gasteiger partial charge in [-0.05, 0) is 24.1 Å². The summed E-state index contributed by atoms with van der Waals surface area (Å²) in [6.07, 6.45) is 4.33. The van der Waals surface area contributed by atoms with Gasteiger partial charge in [-0.1, -0.05) is 36.9 Å². The summed E-state index contributed by atoms with van der Waals surface area (Å²) < 4.78 is 5.38. The molecule has 3 heteroatoms. The van der Waals surface area contributed by atoms with Crippen LogP contribution in [0, 0.1) is 5.92 Å². The van der Waals surface area contributed by atoms with Crippen LogP contribution in [0.4, 0.5) is 0 Å². The fourth-order valence-electron chi connectivity index (χ4n) is 1.80. The first-order valence-corrected chi connectivity index (χ1v) is 6.02. The van der Waals surface area contributed by atoms with Crippen LogP contribution in [0.5, 0.6) is 5.75 Å². The van der Waals surface area contributed by atoms with E-state index in [1.807, 2.05) is 12.1 Å². The maximum Gasteiger partial charge on any atom is 0.170 e. The molecule has 0 heterocycles. The van der Waals surface area contributed by atoms with Crippen LogP contribution < -0.4 is 4.74 Å². The first kappa shape index (κ1) is 11.5. The molecule has 0 aliphatic heterocycles. The molecule has 1 aliphatic carbocycles. The molecule has 0 aromatic heterocycles. The van der Waals surface area contributed by atoms with Crippen LogP contribution in [0.1, 0.15) is 25.7 Å². The van der Waals surface area contributed by atoms with Crippen molar-refractivity contribution in [1.29, 1.82) is 0 Å². The van der Waals surface area contributed by atoms with E-state index in [2.05, 4.69) is 0 Å². The monoisotopic (exact) mass is 238 g/mol. The molecule has 0 bridgehead atoms. The summed E-state index contributed by atoms with van der Waals surface area (Å²) in [7, 11) is 0. The number of ketones is 1. The van der Waals surface area contributed by atoms with Crippen molar-refractivity contribution >= 4 is 17.4 Å². The Labute approximate surface area is 101 Å². The Balaban J connectivity index is 1.75. The Morgan fingerprint density at radius 3 is 2.88 bits per heavy atom. The predicted octanol–water partition coefficient (Wildman–Crippen LogP) is 3.48. The molecular formula is C13H15ClO2. The first-order valence-electron chi connectivity index (χ1n) is 5.64. The van der Waals surface area contributed by atoms with Crippen LogP contribution in [0.25, 0.3) is 0 Å². The Morgan fingerprint density at radius 1 is 1.44 bits per heavy atom. The second-order valence-electron chi connectivity index (χ2n) is 4.29. The lowest BCUT2D eigenvalue weighted by molar-refractivity contribution is -0.122. The van der Waals surface area contributed by atoms with Gasteiger partial charge in [-0.3, -0.25) is 4.79 Å². The molecule has 0 N–H and O–H groups in total. The van der Waals surface area contributed by atoms with Crippen LogP contribution in [0.3, 0.4) is 0 Å². The predicted molar refractivity (Wildman–Crippen MR) is 63.9 cm³/mol. The number of halogens is 1. The van der Waals surface area contributed by atoms with Gasteiger partial charge in [0.15, 0.2) is 5.78 Å². The standard InChI is InChI=1S/C13H15ClO2/c14-11-5-2-6-13(8-11)16-9-12(15)7-10-3-1-4-10/h2,5-6,8,10H,1,3-4,7,9H2. The maximum atomic E-state index is 11.5. The van der Waals surface area contributed by atoms with Crippen LogP contribution in [-0.4, -0.2) is 12.4 Å². The zero-order chi connectivity index (χ0) is 11.4. The van der Waals surface area contributed by atoms with Gasteiger partial charge in [-0.2, -0.15) is 0 Å². The molecular weight excluding hydrogens is 224 g/mol. The summed E-state index contributed by atoms with van der Waals surface area (Å²) in [5.41, 5.74) is 0. The number of rotatable bonds is 5. The fourth-order valence-corrected chi connectivity index (χ4v) is 1.98. The van der Waals surface area contributed by atoms with Gasteiger partial charge in [-0.25, -0.2) is 0 Å². The molecule has 0 saturated heterocycles. The summed E-state index contributed by atoms with van der Waals surface area (Å²) in [5, 5.41) is 0.629. The van der Waals surface area contributed by atoms with E-state index in [-0.39, 0.29) is 12.4 Å². The second kappa shape index (κ2) is 5.35. The van der Waals surface area contributed by atoms with E-state index in [0.29, 0.717) is 23.1 Å². The molecule has 2 nitrogen and oxygen atoms in total. The molecule has 1 aromatic carbocycles. The van der Waals surface area contributed by atoms with Crippen LogP contribution >= 0.6 is 11.6 Å².